The van der Waals surface area contributed by atoms with Crippen molar-refractivity contribution >= 4 is 35.4 Å². The quantitative estimate of drug-likeness (QED) is 0.159. The molecule has 4 aliphatic rings. The third kappa shape index (κ3) is 12.1. The molecule has 19 heteroatoms. The second-order valence-corrected chi connectivity index (χ2v) is 22.0. The van der Waals surface area contributed by atoms with E-state index < -0.39 is 113 Å². The van der Waals surface area contributed by atoms with E-state index in [-0.39, 0.29) is 55.4 Å². The Kier molecular flexibility index (Phi) is 19.7. The first kappa shape index (κ1) is 57.8. The number of Topliss-reactive ketones (excluding diaryl/α,β-unsaturated/α-hetero) is 1. The highest BCUT2D eigenvalue weighted by Gasteiger charge is 2.62. The summed E-state index contributed by atoms with van der Waals surface area (Å²) in [5.41, 5.74) is -3.45. The van der Waals surface area contributed by atoms with Gasteiger partial charge in [0.05, 0.1) is 55.8 Å². The molecule has 1 aromatic rings. The van der Waals surface area contributed by atoms with Gasteiger partial charge in [-0.05, 0) is 93.1 Å². The van der Waals surface area contributed by atoms with Crippen LogP contribution >= 0.6 is 11.8 Å². The third-order valence-corrected chi connectivity index (χ3v) is 16.9. The fraction of sp³-hybridized carbons (Fsp3) is 0.804. The van der Waals surface area contributed by atoms with Gasteiger partial charge in [0.2, 0.25) is 0 Å². The summed E-state index contributed by atoms with van der Waals surface area (Å²) in [6, 6.07) is 4.53. The fourth-order valence-corrected chi connectivity index (χ4v) is 12.7. The van der Waals surface area contributed by atoms with Crippen LogP contribution in [0.5, 0.6) is 11.5 Å². The number of nitrogens with one attached hydrogen (secondary N) is 1. The van der Waals surface area contributed by atoms with E-state index in [9.17, 15) is 24.6 Å². The van der Waals surface area contributed by atoms with Gasteiger partial charge in [0.1, 0.15) is 29.3 Å². The zero-order valence-corrected chi connectivity index (χ0v) is 45.0. The zero-order chi connectivity index (χ0) is 52.2. The van der Waals surface area contributed by atoms with Crippen LogP contribution in [0.25, 0.3) is 0 Å². The Morgan fingerprint density at radius 1 is 0.871 bits per heavy atom. The summed E-state index contributed by atoms with van der Waals surface area (Å²) in [6.45, 7) is 18.1. The van der Waals surface area contributed by atoms with Gasteiger partial charge in [0, 0.05) is 68.2 Å². The average Bonchev–Trinajstić information content (AvgIpc) is 3.59. The summed E-state index contributed by atoms with van der Waals surface area (Å²) in [7, 11) is 9.80. The topological polar surface area (TPSA) is 216 Å². The van der Waals surface area contributed by atoms with Crippen LogP contribution in [-0.2, 0) is 52.3 Å². The van der Waals surface area contributed by atoms with E-state index in [0.717, 1.165) is 0 Å². The third-order valence-electron chi connectivity index (χ3n) is 15.6. The number of methoxy groups -OCH3 is 4. The number of ether oxygens (including phenoxy) is 10. The van der Waals surface area contributed by atoms with Gasteiger partial charge in [0.25, 0.3) is 5.91 Å². The molecule has 1 aromatic carbocycles. The van der Waals surface area contributed by atoms with Crippen molar-refractivity contribution in [1.29, 1.82) is 0 Å². The van der Waals surface area contributed by atoms with Crippen LogP contribution in [0.3, 0.4) is 0 Å². The Morgan fingerprint density at radius 2 is 1.53 bits per heavy atom. The first-order valence-corrected chi connectivity index (χ1v) is 25.7. The molecule has 1 amide bonds. The van der Waals surface area contributed by atoms with Crippen LogP contribution < -0.4 is 14.8 Å². The summed E-state index contributed by atoms with van der Waals surface area (Å²) >= 11 is 1.27. The van der Waals surface area contributed by atoms with Gasteiger partial charge in [-0.1, -0.05) is 27.7 Å². The molecular formula is C51H82N2O16S. The van der Waals surface area contributed by atoms with Gasteiger partial charge in [0.15, 0.2) is 29.7 Å². The van der Waals surface area contributed by atoms with Crippen molar-refractivity contribution in [3.05, 3.63) is 23.8 Å². The molecule has 0 saturated carbocycles. The molecule has 4 saturated heterocycles. The molecule has 70 heavy (non-hydrogen) atoms. The molecule has 0 aliphatic carbocycles. The maximum absolute atomic E-state index is 15.1. The van der Waals surface area contributed by atoms with Gasteiger partial charge >= 0.3 is 11.9 Å². The predicted molar refractivity (Wildman–Crippen MR) is 261 cm³/mol. The molecule has 18 nitrogen and oxygen atoms in total. The number of esters is 2. The Bertz CT molecular complexity index is 1960. The lowest BCUT2D eigenvalue weighted by atomic mass is 9.70. The van der Waals surface area contributed by atoms with Crippen molar-refractivity contribution in [3.63, 3.8) is 0 Å². The summed E-state index contributed by atoms with van der Waals surface area (Å²) in [6.07, 6.45) is -7.23. The molecule has 19 atom stereocenters. The van der Waals surface area contributed by atoms with E-state index >= 15 is 4.79 Å². The molecule has 4 fully saturated rings. The van der Waals surface area contributed by atoms with E-state index in [1.807, 2.05) is 53.6 Å². The normalized spacial score (nSPS) is 41.0. The monoisotopic (exact) mass is 1010 g/mol. The highest BCUT2D eigenvalue weighted by molar-refractivity contribution is 8.00. The minimum Gasteiger partial charge on any atom is -0.493 e. The number of amides is 1. The number of thioether (sulfide) groups is 1. The lowest BCUT2D eigenvalue weighted by Crippen LogP contribution is -2.61. The van der Waals surface area contributed by atoms with Crippen molar-refractivity contribution in [2.75, 3.05) is 54.8 Å². The Morgan fingerprint density at radius 3 is 2.13 bits per heavy atom. The smallest absolute Gasteiger partial charge is 0.320 e. The Hall–Kier alpha value is -3.11. The molecule has 0 bridgehead atoms. The van der Waals surface area contributed by atoms with Crippen molar-refractivity contribution in [1.82, 2.24) is 10.2 Å². The fourth-order valence-electron chi connectivity index (χ4n) is 11.3. The number of carbonyl (C=O) groups excluding carboxylic acids is 4. The summed E-state index contributed by atoms with van der Waals surface area (Å²) < 4.78 is 62.3. The largest absolute Gasteiger partial charge is 0.493 e. The first-order chi connectivity index (χ1) is 32.8. The molecule has 2 unspecified atom stereocenters. The number of likely N-dealkylation sites (N-methyl/N-ethyl adjacent to an activating group) is 1. The minimum atomic E-state index is -1.45. The second-order valence-electron chi connectivity index (χ2n) is 20.7. The standard InChI is InChI=1S/C51H82N2O16S/c1-17-36-51(10)38(42(47(59)69-51)70-21-20-52-45(57)32-18-19-34(60-13)35(23-32)61-14)28(4)39(54)26(2)24-50(9,63-16)44(68-48-40(55)33(53(11)12)22-27(3)64-48)29(5)41(30(6)46(58)66-36)67-37-25-49(8,62-15)43(56)31(7)65-37/h18-19,23,26-31,33,36-38,40-44,48,55-56H,17,20-22,24-25H2,1-16H3,(H,52,57)/t26-,27-,28+,29+,30-,31-,33+,36-,37+,38?,40-,41+,42?,43+,44-,48+,49-,50-,51-/m1/s1. The zero-order valence-electron chi connectivity index (χ0n) is 44.2. The van der Waals surface area contributed by atoms with Crippen molar-refractivity contribution < 1.29 is 76.8 Å². The predicted octanol–water partition coefficient (Wildman–Crippen LogP) is 4.81. The number of carbonyl (C=O) groups is 4. The van der Waals surface area contributed by atoms with Crippen molar-refractivity contribution in [3.8, 4) is 11.5 Å². The molecule has 0 radical (unpaired) electrons. The van der Waals surface area contributed by atoms with Gasteiger partial charge < -0.3 is 67.8 Å². The van der Waals surface area contributed by atoms with E-state index in [1.54, 1.807) is 52.8 Å². The number of aliphatic hydroxyl groups is 2. The van der Waals surface area contributed by atoms with E-state index in [1.165, 1.54) is 40.2 Å². The van der Waals surface area contributed by atoms with Gasteiger partial charge in [-0.15, -0.1) is 11.8 Å². The molecule has 0 aromatic heterocycles. The van der Waals surface area contributed by atoms with E-state index in [0.29, 0.717) is 23.5 Å². The summed E-state index contributed by atoms with van der Waals surface area (Å²) in [5, 5.41) is 25.0. The second kappa shape index (κ2) is 23.8. The molecule has 4 heterocycles. The number of rotatable bonds is 15. The average molecular weight is 1010 g/mol. The number of cyclic esters (lactones) is 1. The van der Waals surface area contributed by atoms with Crippen LogP contribution in [-0.4, -0.2) is 177 Å². The molecule has 5 rings (SSSR count). The maximum atomic E-state index is 15.1. The molecule has 3 N–H and O–H groups in total. The van der Waals surface area contributed by atoms with Crippen molar-refractivity contribution in [2.45, 2.75) is 178 Å². The van der Waals surface area contributed by atoms with Crippen LogP contribution in [0, 0.1) is 29.6 Å². The number of hydrogen-bond acceptors (Lipinski definition) is 18. The molecule has 0 spiro atoms. The number of fused-ring (bicyclic) bond motifs is 1. The highest BCUT2D eigenvalue weighted by Crippen LogP contribution is 2.49. The number of hydrogen-bond donors (Lipinski definition) is 3. The first-order valence-electron chi connectivity index (χ1n) is 24.7. The Balaban J connectivity index is 1.55. The van der Waals surface area contributed by atoms with Crippen LogP contribution in [0.4, 0.5) is 0 Å². The molecular weight excluding hydrogens is 929 g/mol. The molecule has 4 aliphatic heterocycles. The maximum Gasteiger partial charge on any atom is 0.320 e. The van der Waals surface area contributed by atoms with Gasteiger partial charge in [-0.25, -0.2) is 0 Å². The van der Waals surface area contributed by atoms with E-state index in [2.05, 4.69) is 5.32 Å². The van der Waals surface area contributed by atoms with Crippen LogP contribution in [0.15, 0.2) is 18.2 Å². The van der Waals surface area contributed by atoms with E-state index in [4.69, 9.17) is 47.4 Å². The van der Waals surface area contributed by atoms with Crippen LogP contribution in [0.2, 0.25) is 0 Å². The SMILES string of the molecule is CC[C@H]1OC(=O)[C@H](C)[C@@H](O[C@H]2C[C@@](C)(OC)[C@@H](O)[C@@H](C)O2)[C@H](C)[C@@H](O[C@@H]2O[C@H](C)C[C@H](N(C)C)[C@H]2O)[C@](C)(OC)C[C@@H](C)C(=O)[C@@H](C)C2C(SCCNC(=O)c3ccc(OC)c(OC)c3)C(=O)O[C@@]21C. The minimum absolute atomic E-state index is 0.106. The number of ketones is 1. The van der Waals surface area contributed by atoms with Gasteiger partial charge in [-0.3, -0.25) is 19.2 Å². The lowest BCUT2D eigenvalue weighted by Gasteiger charge is -2.50. The summed E-state index contributed by atoms with van der Waals surface area (Å²) in [4.78, 5) is 59.4. The number of nitrogens with zero attached hydrogens (tertiary/aromatic N) is 1. The number of aliphatic hydroxyl groups excluding tert-OH is 2. The van der Waals surface area contributed by atoms with Gasteiger partial charge in [-0.2, -0.15) is 0 Å². The number of benzene rings is 1. The summed E-state index contributed by atoms with van der Waals surface area (Å²) in [5.74, 6) is -4.62. The van der Waals surface area contributed by atoms with Crippen LogP contribution in [0.1, 0.15) is 105 Å². The van der Waals surface area contributed by atoms with Crippen molar-refractivity contribution in [2.24, 2.45) is 29.6 Å². The highest BCUT2D eigenvalue weighted by atomic mass is 32.2. The molecule has 398 valence electrons. The Labute approximate surface area is 419 Å². The lowest BCUT2D eigenvalue weighted by molar-refractivity contribution is -0.319.